The lowest BCUT2D eigenvalue weighted by Crippen LogP contribution is -2.03. The van der Waals surface area contributed by atoms with Gasteiger partial charge >= 0.3 is 5.97 Å². The third-order valence-corrected chi connectivity index (χ3v) is 6.04. The van der Waals surface area contributed by atoms with E-state index in [0.29, 0.717) is 11.5 Å². The average Bonchev–Trinajstić information content (AvgIpc) is 2.86. The molecule has 3 heteroatoms. The van der Waals surface area contributed by atoms with E-state index in [4.69, 9.17) is 9.84 Å². The molecule has 0 aromatic heterocycles. The van der Waals surface area contributed by atoms with Crippen molar-refractivity contribution in [2.24, 2.45) is 5.92 Å². The first-order valence-electron chi connectivity index (χ1n) is 12.4. The van der Waals surface area contributed by atoms with Crippen LogP contribution in [0.25, 0.3) is 6.08 Å². The lowest BCUT2D eigenvalue weighted by atomic mass is 9.93. The average molecular weight is 457 g/mol. The molecule has 0 fully saturated rings. The Morgan fingerprint density at radius 2 is 1.62 bits per heavy atom. The molecule has 1 atom stereocenters. The van der Waals surface area contributed by atoms with Crippen molar-refractivity contribution in [2.75, 3.05) is 6.61 Å². The van der Waals surface area contributed by atoms with Crippen molar-refractivity contribution in [3.63, 3.8) is 0 Å². The quantitative estimate of drug-likeness (QED) is 0.251. The van der Waals surface area contributed by atoms with Gasteiger partial charge in [0.15, 0.2) is 0 Å². The molecule has 3 rings (SSSR count). The Morgan fingerprint density at radius 3 is 2.35 bits per heavy atom. The molecule has 0 saturated carbocycles. The zero-order chi connectivity index (χ0) is 24.0. The Bertz CT molecular complexity index is 1020. The van der Waals surface area contributed by atoms with Crippen LogP contribution in [-0.2, 0) is 12.8 Å². The van der Waals surface area contributed by atoms with Gasteiger partial charge in [0, 0.05) is 5.56 Å². The largest absolute Gasteiger partial charge is 0.493 e. The van der Waals surface area contributed by atoms with E-state index in [2.05, 4.69) is 55.5 Å². The molecule has 0 bridgehead atoms. The number of carbonyl (C=O) groups is 1. The van der Waals surface area contributed by atoms with Crippen LogP contribution in [0, 0.1) is 5.92 Å². The Morgan fingerprint density at radius 1 is 0.882 bits per heavy atom. The number of benzene rings is 3. The highest BCUT2D eigenvalue weighted by molar-refractivity contribution is 5.87. The maximum Gasteiger partial charge on any atom is 0.335 e. The highest BCUT2D eigenvalue weighted by atomic mass is 16.5. The lowest BCUT2D eigenvalue weighted by molar-refractivity contribution is 0.0697. The number of carboxylic acid groups (broad SMARTS) is 1. The van der Waals surface area contributed by atoms with Crippen molar-refractivity contribution in [1.82, 2.24) is 0 Å². The molecular weight excluding hydrogens is 420 g/mol. The van der Waals surface area contributed by atoms with Crippen molar-refractivity contribution < 1.29 is 14.6 Å². The van der Waals surface area contributed by atoms with E-state index < -0.39 is 5.97 Å². The van der Waals surface area contributed by atoms with Crippen molar-refractivity contribution in [3.05, 3.63) is 107 Å². The summed E-state index contributed by atoms with van der Waals surface area (Å²) in [6.07, 6.45) is 12.0. The summed E-state index contributed by atoms with van der Waals surface area (Å²) in [5, 5.41) is 9.11. The molecule has 1 N–H and O–H groups in total. The first kappa shape index (κ1) is 25.3. The van der Waals surface area contributed by atoms with Gasteiger partial charge in [0.2, 0.25) is 0 Å². The van der Waals surface area contributed by atoms with E-state index in [-0.39, 0.29) is 0 Å². The van der Waals surface area contributed by atoms with E-state index in [1.807, 2.05) is 30.3 Å². The van der Waals surface area contributed by atoms with Crippen LogP contribution >= 0.6 is 0 Å². The molecule has 3 nitrogen and oxygen atoms in total. The third-order valence-electron chi connectivity index (χ3n) is 6.04. The molecule has 0 saturated heterocycles. The molecule has 0 aliphatic heterocycles. The van der Waals surface area contributed by atoms with Crippen LogP contribution < -0.4 is 4.74 Å². The third kappa shape index (κ3) is 8.55. The molecule has 0 heterocycles. The predicted octanol–water partition coefficient (Wildman–Crippen LogP) is 7.85. The van der Waals surface area contributed by atoms with Crippen molar-refractivity contribution >= 4 is 12.0 Å². The summed E-state index contributed by atoms with van der Waals surface area (Å²) in [4.78, 5) is 11.1. The number of allylic oxidation sites excluding steroid dienone is 1. The molecule has 0 spiro atoms. The van der Waals surface area contributed by atoms with Crippen LogP contribution in [0.15, 0.2) is 84.9 Å². The van der Waals surface area contributed by atoms with Gasteiger partial charge in [-0.15, -0.1) is 0 Å². The van der Waals surface area contributed by atoms with Crippen molar-refractivity contribution in [2.45, 2.75) is 51.9 Å². The maximum absolute atomic E-state index is 11.1. The molecule has 0 aliphatic rings. The number of aryl methyl sites for hydroxylation is 1. The Labute approximate surface area is 204 Å². The van der Waals surface area contributed by atoms with E-state index in [0.717, 1.165) is 62.0 Å². The monoisotopic (exact) mass is 456 g/mol. The standard InChI is InChI=1S/C31H36O3/c1-2-11-26(24-27-18-21-29(22-19-27)31(32)33)17-20-28-15-8-9-16-30(28)34-23-10-4-7-14-25-12-5-3-6-13-25/h3,5-6,8-9,12-13,15-22,26H,2,4,7,10-11,14,23-24H2,1H3,(H,32,33)/b20-17+. The number of unbranched alkanes of at least 4 members (excludes halogenated alkanes) is 2. The zero-order valence-electron chi connectivity index (χ0n) is 20.2. The first-order chi connectivity index (χ1) is 16.7. The summed E-state index contributed by atoms with van der Waals surface area (Å²) in [5.41, 5.74) is 4.00. The second-order valence-electron chi connectivity index (χ2n) is 8.80. The summed E-state index contributed by atoms with van der Waals surface area (Å²) in [6.45, 7) is 2.93. The summed E-state index contributed by atoms with van der Waals surface area (Å²) >= 11 is 0. The number of para-hydroxylation sites is 1. The molecule has 178 valence electrons. The molecule has 1 unspecified atom stereocenters. The number of ether oxygens (including phenoxy) is 1. The Kier molecular flexibility index (Phi) is 10.4. The molecule has 3 aromatic rings. The van der Waals surface area contributed by atoms with Gasteiger partial charge in [-0.3, -0.25) is 0 Å². The highest BCUT2D eigenvalue weighted by Gasteiger charge is 2.08. The van der Waals surface area contributed by atoms with Gasteiger partial charge in [0.25, 0.3) is 0 Å². The van der Waals surface area contributed by atoms with E-state index in [9.17, 15) is 4.79 Å². The Hall–Kier alpha value is -3.33. The fourth-order valence-corrected chi connectivity index (χ4v) is 4.15. The van der Waals surface area contributed by atoms with Crippen LogP contribution in [0.3, 0.4) is 0 Å². The van der Waals surface area contributed by atoms with Crippen LogP contribution in [0.2, 0.25) is 0 Å². The van der Waals surface area contributed by atoms with Gasteiger partial charge in [-0.25, -0.2) is 4.79 Å². The second kappa shape index (κ2) is 14.0. The fraction of sp³-hybridized carbons (Fsp3) is 0.323. The SMILES string of the molecule is CCCC(/C=C/c1ccccc1OCCCCCc1ccccc1)Cc1ccc(C(=O)O)cc1. The summed E-state index contributed by atoms with van der Waals surface area (Å²) in [5.74, 6) is 0.443. The molecular formula is C31H36O3. The second-order valence-corrected chi connectivity index (χ2v) is 8.80. The van der Waals surface area contributed by atoms with Crippen LogP contribution in [0.5, 0.6) is 5.75 Å². The molecule has 0 amide bonds. The summed E-state index contributed by atoms with van der Waals surface area (Å²) < 4.78 is 6.13. The van der Waals surface area contributed by atoms with Gasteiger partial charge < -0.3 is 9.84 Å². The maximum atomic E-state index is 11.1. The fourth-order valence-electron chi connectivity index (χ4n) is 4.15. The smallest absolute Gasteiger partial charge is 0.335 e. The number of aromatic carboxylic acids is 1. The zero-order valence-corrected chi connectivity index (χ0v) is 20.2. The predicted molar refractivity (Wildman–Crippen MR) is 140 cm³/mol. The number of carboxylic acids is 1. The summed E-state index contributed by atoms with van der Waals surface area (Å²) in [7, 11) is 0. The number of rotatable bonds is 14. The minimum atomic E-state index is -0.885. The van der Waals surface area contributed by atoms with Gasteiger partial charge in [-0.1, -0.05) is 86.2 Å². The molecule has 0 radical (unpaired) electrons. The van der Waals surface area contributed by atoms with Crippen LogP contribution in [0.4, 0.5) is 0 Å². The van der Waals surface area contributed by atoms with Crippen LogP contribution in [0.1, 0.15) is 66.1 Å². The van der Waals surface area contributed by atoms with Gasteiger partial charge in [-0.2, -0.15) is 0 Å². The van der Waals surface area contributed by atoms with Crippen molar-refractivity contribution in [1.29, 1.82) is 0 Å². The molecule has 3 aromatic carbocycles. The lowest BCUT2D eigenvalue weighted by Gasteiger charge is -2.13. The Balaban J connectivity index is 1.51. The minimum absolute atomic E-state index is 0.331. The van der Waals surface area contributed by atoms with E-state index in [1.54, 1.807) is 12.1 Å². The van der Waals surface area contributed by atoms with Gasteiger partial charge in [0.05, 0.1) is 12.2 Å². The van der Waals surface area contributed by atoms with Gasteiger partial charge in [-0.05, 0) is 73.8 Å². The van der Waals surface area contributed by atoms with E-state index in [1.165, 1.54) is 12.0 Å². The van der Waals surface area contributed by atoms with E-state index >= 15 is 0 Å². The van der Waals surface area contributed by atoms with Crippen LogP contribution in [-0.4, -0.2) is 17.7 Å². The van der Waals surface area contributed by atoms with Gasteiger partial charge in [0.1, 0.15) is 5.75 Å². The minimum Gasteiger partial charge on any atom is -0.493 e. The first-order valence-corrected chi connectivity index (χ1v) is 12.4. The topological polar surface area (TPSA) is 46.5 Å². The molecule has 34 heavy (non-hydrogen) atoms. The number of hydrogen-bond acceptors (Lipinski definition) is 2. The number of hydrogen-bond donors (Lipinski definition) is 1. The van der Waals surface area contributed by atoms with Crippen molar-refractivity contribution in [3.8, 4) is 5.75 Å². The molecule has 0 aliphatic carbocycles. The highest BCUT2D eigenvalue weighted by Crippen LogP contribution is 2.23. The summed E-state index contributed by atoms with van der Waals surface area (Å²) in [6, 6.07) is 26.1. The normalized spacial score (nSPS) is 12.0.